The fourth-order valence-corrected chi connectivity index (χ4v) is 4.64. The molecule has 4 nitrogen and oxygen atoms in total. The molecule has 2 saturated heterocycles. The first-order valence-corrected chi connectivity index (χ1v) is 8.24. The molecule has 0 aromatic heterocycles. The second-order valence-corrected chi connectivity index (χ2v) is 6.95. The fourth-order valence-electron chi connectivity index (χ4n) is 4.64. The lowest BCUT2D eigenvalue weighted by atomic mass is 9.78. The predicted octanol–water partition coefficient (Wildman–Crippen LogP) is 2.66. The van der Waals surface area contributed by atoms with Gasteiger partial charge in [0.25, 0.3) is 0 Å². The summed E-state index contributed by atoms with van der Waals surface area (Å²) in [7, 11) is 0. The Morgan fingerprint density at radius 3 is 2.65 bits per heavy atom. The standard InChI is InChI=1S/C16H27NO3/c1-12-14(15(18)19)5-9-17(12)13-6-10-20-16(11-13)7-3-2-4-8-16/h12-14H,2-11H2,1H3,(H,18,19). The topological polar surface area (TPSA) is 49.8 Å². The predicted molar refractivity (Wildman–Crippen MR) is 76.7 cm³/mol. The number of carboxylic acids is 1. The van der Waals surface area contributed by atoms with Crippen LogP contribution in [0.5, 0.6) is 0 Å². The molecule has 0 amide bonds. The van der Waals surface area contributed by atoms with Crippen LogP contribution in [0.25, 0.3) is 0 Å². The van der Waals surface area contributed by atoms with Gasteiger partial charge in [0.1, 0.15) is 0 Å². The Labute approximate surface area is 121 Å². The lowest BCUT2D eigenvalue weighted by Crippen LogP contribution is -2.51. The second-order valence-electron chi connectivity index (χ2n) is 6.95. The van der Waals surface area contributed by atoms with Crippen LogP contribution in [0.1, 0.15) is 58.3 Å². The van der Waals surface area contributed by atoms with Crippen LogP contribution in [0.2, 0.25) is 0 Å². The summed E-state index contributed by atoms with van der Waals surface area (Å²) >= 11 is 0. The summed E-state index contributed by atoms with van der Waals surface area (Å²) in [5.74, 6) is -0.806. The summed E-state index contributed by atoms with van der Waals surface area (Å²) in [6, 6.07) is 0.706. The van der Waals surface area contributed by atoms with Crippen LogP contribution >= 0.6 is 0 Å². The van der Waals surface area contributed by atoms with Gasteiger partial charge in [-0.25, -0.2) is 0 Å². The average molecular weight is 281 g/mol. The third kappa shape index (κ3) is 2.60. The van der Waals surface area contributed by atoms with Gasteiger partial charge in [-0.1, -0.05) is 19.3 Å². The van der Waals surface area contributed by atoms with Crippen molar-refractivity contribution in [1.82, 2.24) is 4.90 Å². The minimum absolute atomic E-state index is 0.113. The van der Waals surface area contributed by atoms with Gasteiger partial charge in [-0.05, 0) is 45.6 Å². The van der Waals surface area contributed by atoms with Crippen molar-refractivity contribution < 1.29 is 14.6 Å². The van der Waals surface area contributed by atoms with E-state index in [2.05, 4.69) is 11.8 Å². The Hall–Kier alpha value is -0.610. The molecule has 0 aromatic carbocycles. The Morgan fingerprint density at radius 1 is 1.25 bits per heavy atom. The smallest absolute Gasteiger partial charge is 0.308 e. The fraction of sp³-hybridized carbons (Fsp3) is 0.938. The molecular weight excluding hydrogens is 254 g/mol. The van der Waals surface area contributed by atoms with Crippen LogP contribution in [0.4, 0.5) is 0 Å². The molecule has 3 aliphatic rings. The van der Waals surface area contributed by atoms with E-state index in [0.717, 1.165) is 32.4 Å². The van der Waals surface area contributed by atoms with E-state index < -0.39 is 5.97 Å². The highest BCUT2D eigenvalue weighted by atomic mass is 16.5. The number of ether oxygens (including phenoxy) is 1. The minimum Gasteiger partial charge on any atom is -0.481 e. The molecule has 4 heteroatoms. The molecule has 2 aliphatic heterocycles. The number of carbonyl (C=O) groups is 1. The van der Waals surface area contributed by atoms with E-state index in [1.54, 1.807) is 0 Å². The molecule has 1 saturated carbocycles. The van der Waals surface area contributed by atoms with Crippen molar-refractivity contribution in [2.24, 2.45) is 5.92 Å². The molecule has 1 spiro atoms. The van der Waals surface area contributed by atoms with E-state index in [0.29, 0.717) is 6.04 Å². The number of rotatable bonds is 2. The van der Waals surface area contributed by atoms with Crippen molar-refractivity contribution in [3.8, 4) is 0 Å². The minimum atomic E-state index is -0.626. The van der Waals surface area contributed by atoms with E-state index >= 15 is 0 Å². The quantitative estimate of drug-likeness (QED) is 0.845. The second kappa shape index (κ2) is 5.64. The van der Waals surface area contributed by atoms with Gasteiger partial charge < -0.3 is 9.84 Å². The van der Waals surface area contributed by atoms with E-state index in [-0.39, 0.29) is 17.6 Å². The van der Waals surface area contributed by atoms with Crippen LogP contribution < -0.4 is 0 Å². The van der Waals surface area contributed by atoms with Crippen molar-refractivity contribution in [1.29, 1.82) is 0 Å². The van der Waals surface area contributed by atoms with Gasteiger partial charge >= 0.3 is 5.97 Å². The van der Waals surface area contributed by atoms with Gasteiger partial charge in [-0.3, -0.25) is 9.69 Å². The molecule has 0 bridgehead atoms. The third-order valence-corrected chi connectivity index (χ3v) is 5.82. The first-order chi connectivity index (χ1) is 9.61. The molecule has 114 valence electrons. The summed E-state index contributed by atoms with van der Waals surface area (Å²) in [6.45, 7) is 3.89. The molecule has 3 unspecified atom stereocenters. The average Bonchev–Trinajstić information content (AvgIpc) is 2.82. The Morgan fingerprint density at radius 2 is 2.00 bits per heavy atom. The van der Waals surface area contributed by atoms with E-state index in [1.165, 1.54) is 32.1 Å². The van der Waals surface area contributed by atoms with Gasteiger partial charge in [-0.2, -0.15) is 0 Å². The maximum Gasteiger partial charge on any atom is 0.308 e. The zero-order chi connectivity index (χ0) is 14.2. The summed E-state index contributed by atoms with van der Waals surface area (Å²) in [5.41, 5.74) is 0.113. The maximum absolute atomic E-state index is 11.3. The first-order valence-electron chi connectivity index (χ1n) is 8.24. The van der Waals surface area contributed by atoms with Crippen LogP contribution in [0.3, 0.4) is 0 Å². The van der Waals surface area contributed by atoms with E-state index in [1.807, 2.05) is 0 Å². The van der Waals surface area contributed by atoms with E-state index in [9.17, 15) is 9.90 Å². The highest BCUT2D eigenvalue weighted by Crippen LogP contribution is 2.41. The molecular formula is C16H27NO3. The van der Waals surface area contributed by atoms with Gasteiger partial charge in [0, 0.05) is 18.7 Å². The number of likely N-dealkylation sites (tertiary alicyclic amines) is 1. The monoisotopic (exact) mass is 281 g/mol. The molecule has 2 heterocycles. The Bertz CT molecular complexity index is 359. The summed E-state index contributed by atoms with van der Waals surface area (Å²) in [5, 5.41) is 9.29. The molecule has 20 heavy (non-hydrogen) atoms. The van der Waals surface area contributed by atoms with Crippen LogP contribution in [0, 0.1) is 5.92 Å². The number of aliphatic carboxylic acids is 1. The highest BCUT2D eigenvalue weighted by molar-refractivity contribution is 5.71. The number of carboxylic acid groups (broad SMARTS) is 1. The lowest BCUT2D eigenvalue weighted by Gasteiger charge is -2.47. The van der Waals surface area contributed by atoms with Crippen LogP contribution in [-0.4, -0.2) is 46.8 Å². The SMILES string of the molecule is CC1C(C(=O)O)CCN1C1CCOC2(CCCCC2)C1. The van der Waals surface area contributed by atoms with Gasteiger partial charge in [0.15, 0.2) is 0 Å². The van der Waals surface area contributed by atoms with Crippen LogP contribution in [0.15, 0.2) is 0 Å². The van der Waals surface area contributed by atoms with Crippen molar-refractivity contribution >= 4 is 5.97 Å². The number of hydrogen-bond acceptors (Lipinski definition) is 3. The van der Waals surface area contributed by atoms with Crippen molar-refractivity contribution in [2.45, 2.75) is 76.0 Å². The third-order valence-electron chi connectivity index (χ3n) is 5.82. The molecule has 1 N–H and O–H groups in total. The van der Waals surface area contributed by atoms with Gasteiger partial charge in [0.05, 0.1) is 11.5 Å². The van der Waals surface area contributed by atoms with Crippen molar-refractivity contribution in [3.63, 3.8) is 0 Å². The zero-order valence-corrected chi connectivity index (χ0v) is 12.5. The molecule has 0 aromatic rings. The number of nitrogens with zero attached hydrogens (tertiary/aromatic N) is 1. The Kier molecular flexibility index (Phi) is 4.04. The van der Waals surface area contributed by atoms with Crippen LogP contribution in [-0.2, 0) is 9.53 Å². The molecule has 1 aliphatic carbocycles. The van der Waals surface area contributed by atoms with Crippen molar-refractivity contribution in [3.05, 3.63) is 0 Å². The van der Waals surface area contributed by atoms with E-state index in [4.69, 9.17) is 4.74 Å². The normalized spacial score (nSPS) is 38.1. The van der Waals surface area contributed by atoms with Gasteiger partial charge in [0.2, 0.25) is 0 Å². The summed E-state index contributed by atoms with van der Waals surface area (Å²) in [6.07, 6.45) is 9.32. The summed E-state index contributed by atoms with van der Waals surface area (Å²) < 4.78 is 6.16. The molecule has 3 rings (SSSR count). The Balaban J connectivity index is 1.66. The highest BCUT2D eigenvalue weighted by Gasteiger charge is 2.44. The molecule has 3 fully saturated rings. The molecule has 3 atom stereocenters. The number of hydrogen-bond donors (Lipinski definition) is 1. The first kappa shape index (κ1) is 14.3. The maximum atomic E-state index is 11.3. The molecule has 0 radical (unpaired) electrons. The zero-order valence-electron chi connectivity index (χ0n) is 12.5. The van der Waals surface area contributed by atoms with Crippen molar-refractivity contribution in [2.75, 3.05) is 13.2 Å². The summed E-state index contributed by atoms with van der Waals surface area (Å²) in [4.78, 5) is 13.7. The lowest BCUT2D eigenvalue weighted by molar-refractivity contribution is -0.143. The van der Waals surface area contributed by atoms with Gasteiger partial charge in [-0.15, -0.1) is 0 Å². The largest absolute Gasteiger partial charge is 0.481 e.